The van der Waals surface area contributed by atoms with Gasteiger partial charge >= 0.3 is 11.9 Å². The molecule has 51 heavy (non-hydrogen) atoms. The molecule has 6 atom stereocenters. The highest BCUT2D eigenvalue weighted by atomic mass is 16.5. The van der Waals surface area contributed by atoms with Crippen LogP contribution in [0.4, 0.5) is 11.4 Å². The van der Waals surface area contributed by atoms with Crippen molar-refractivity contribution in [2.75, 3.05) is 9.80 Å². The molecule has 2 aliphatic carbocycles. The maximum Gasteiger partial charge on any atom is 0.339 e. The van der Waals surface area contributed by atoms with Crippen LogP contribution in [-0.2, 0) is 25.6 Å². The molecule has 3 aliphatic heterocycles. The van der Waals surface area contributed by atoms with Gasteiger partial charge in [0.2, 0.25) is 23.6 Å². The molecule has 2 saturated heterocycles. The molecular weight excluding hydrogens is 664 g/mol. The van der Waals surface area contributed by atoms with Gasteiger partial charge < -0.3 is 30.3 Å². The van der Waals surface area contributed by atoms with E-state index in [1.54, 1.807) is 6.07 Å². The summed E-state index contributed by atoms with van der Waals surface area (Å²) in [6.45, 7) is 0. The zero-order valence-corrected chi connectivity index (χ0v) is 26.4. The lowest BCUT2D eigenvalue weighted by Crippen LogP contribution is -2.45. The Kier molecular flexibility index (Phi) is 7.05. The Hall–Kier alpha value is -6.44. The summed E-state index contributed by atoms with van der Waals surface area (Å²) in [5.74, 6) is -11.1. The molecule has 3 fully saturated rings. The van der Waals surface area contributed by atoms with Gasteiger partial charge in [-0.15, -0.1) is 0 Å². The van der Waals surface area contributed by atoms with Crippen molar-refractivity contribution >= 4 is 46.9 Å². The lowest BCUT2D eigenvalue weighted by Gasteiger charge is -2.45. The van der Waals surface area contributed by atoms with Crippen molar-refractivity contribution in [2.24, 2.45) is 35.5 Å². The monoisotopic (exact) mass is 692 g/mol. The van der Waals surface area contributed by atoms with E-state index in [0.29, 0.717) is 22.5 Å². The minimum absolute atomic E-state index is 0.00166. The molecule has 4 amide bonds. The summed E-state index contributed by atoms with van der Waals surface area (Å²) in [6.07, 6.45) is 3.73. The summed E-state index contributed by atoms with van der Waals surface area (Å²) in [5.41, 5.74) is 1.06. The van der Waals surface area contributed by atoms with Gasteiger partial charge in [0.1, 0.15) is 34.1 Å². The molecular formula is C37H28N2O12. The maximum absolute atomic E-state index is 14.4. The standard InChI is InChI=1S/C37H28N2O12/c40-19-3-8-28-15(10-19)9-16(14-51-28)29-20-6-7-23-30(34(45)38(32(23)43)17-1-4-21(36(47)48)26(41)11-17)24(20)13-25-31(29)35(46)39(33(25)44)18-2-5-22(37(49)50)27(42)12-18/h1-6,8,10-12,14,23-25,29-31,40-42H,7,9,13H2,(H,47,48)(H,49,50). The Balaban J connectivity index is 1.21. The van der Waals surface area contributed by atoms with E-state index in [4.69, 9.17) is 4.74 Å². The number of benzene rings is 3. The fourth-order valence-electron chi connectivity index (χ4n) is 8.60. The van der Waals surface area contributed by atoms with Crippen molar-refractivity contribution < 1.29 is 59.0 Å². The molecule has 3 heterocycles. The number of amides is 4. The molecule has 258 valence electrons. The van der Waals surface area contributed by atoms with Gasteiger partial charge in [0.15, 0.2) is 0 Å². The number of ether oxygens (including phenoxy) is 1. The zero-order valence-electron chi connectivity index (χ0n) is 26.4. The van der Waals surface area contributed by atoms with Crippen LogP contribution in [-0.4, -0.2) is 61.1 Å². The van der Waals surface area contributed by atoms with Crippen molar-refractivity contribution in [1.29, 1.82) is 0 Å². The highest BCUT2D eigenvalue weighted by molar-refractivity contribution is 6.24. The van der Waals surface area contributed by atoms with Gasteiger partial charge in [-0.05, 0) is 66.8 Å². The lowest BCUT2D eigenvalue weighted by atomic mass is 9.56. The molecule has 5 N–H and O–H groups in total. The highest BCUT2D eigenvalue weighted by Gasteiger charge is 2.62. The number of rotatable bonds is 5. The van der Waals surface area contributed by atoms with Crippen LogP contribution in [0.25, 0.3) is 0 Å². The molecule has 0 aromatic heterocycles. The summed E-state index contributed by atoms with van der Waals surface area (Å²) in [4.78, 5) is 81.5. The van der Waals surface area contributed by atoms with E-state index in [-0.39, 0.29) is 36.4 Å². The minimum atomic E-state index is -1.40. The molecule has 0 spiro atoms. The number of hydrogen-bond acceptors (Lipinski definition) is 10. The number of nitrogens with zero attached hydrogens (tertiary/aromatic N) is 2. The molecule has 3 aromatic carbocycles. The van der Waals surface area contributed by atoms with Gasteiger partial charge in [-0.25, -0.2) is 19.4 Å². The van der Waals surface area contributed by atoms with Crippen molar-refractivity contribution in [3.05, 3.63) is 94.8 Å². The van der Waals surface area contributed by atoms with E-state index < -0.39 is 93.7 Å². The van der Waals surface area contributed by atoms with Crippen molar-refractivity contribution in [3.8, 4) is 23.0 Å². The molecule has 0 radical (unpaired) electrons. The number of phenolic OH excluding ortho intramolecular Hbond substituents is 1. The molecule has 5 aliphatic rings. The average Bonchev–Trinajstić information content (AvgIpc) is 3.49. The van der Waals surface area contributed by atoms with Gasteiger partial charge in [0, 0.05) is 30.0 Å². The first kappa shape index (κ1) is 31.8. The first-order chi connectivity index (χ1) is 24.3. The molecule has 0 bridgehead atoms. The molecule has 14 nitrogen and oxygen atoms in total. The fraction of sp³-hybridized carbons (Fsp3) is 0.243. The van der Waals surface area contributed by atoms with Crippen LogP contribution in [0, 0.1) is 35.5 Å². The van der Waals surface area contributed by atoms with Gasteiger partial charge in [-0.2, -0.15) is 0 Å². The average molecular weight is 693 g/mol. The van der Waals surface area contributed by atoms with E-state index in [1.165, 1.54) is 30.5 Å². The number of imide groups is 2. The Morgan fingerprint density at radius 3 is 1.86 bits per heavy atom. The normalized spacial score (nSPS) is 26.4. The third-order valence-corrected chi connectivity index (χ3v) is 10.8. The Labute approximate surface area is 288 Å². The number of hydrogen-bond donors (Lipinski definition) is 5. The third-order valence-electron chi connectivity index (χ3n) is 10.8. The predicted molar refractivity (Wildman–Crippen MR) is 174 cm³/mol. The summed E-state index contributed by atoms with van der Waals surface area (Å²) in [6, 6.07) is 11.4. The second-order valence-corrected chi connectivity index (χ2v) is 13.3. The van der Waals surface area contributed by atoms with Crippen molar-refractivity contribution in [2.45, 2.75) is 19.3 Å². The Bertz CT molecular complexity index is 2200. The minimum Gasteiger partial charge on any atom is -0.508 e. The molecule has 3 aromatic rings. The molecule has 8 rings (SSSR count). The summed E-state index contributed by atoms with van der Waals surface area (Å²) in [5, 5.41) is 49.7. The first-order valence-electron chi connectivity index (χ1n) is 16.1. The number of carboxylic acid groups (broad SMARTS) is 2. The quantitative estimate of drug-likeness (QED) is 0.191. The first-order valence-corrected chi connectivity index (χ1v) is 16.1. The number of aromatic carboxylic acids is 2. The van der Waals surface area contributed by atoms with E-state index in [0.717, 1.165) is 34.1 Å². The zero-order chi connectivity index (χ0) is 36.0. The number of fused-ring (bicyclic) bond motifs is 5. The highest BCUT2D eigenvalue weighted by Crippen LogP contribution is 2.58. The largest absolute Gasteiger partial charge is 0.508 e. The third kappa shape index (κ3) is 4.70. The van der Waals surface area contributed by atoms with Gasteiger partial charge in [-0.3, -0.25) is 19.2 Å². The van der Waals surface area contributed by atoms with Crippen LogP contribution in [0.2, 0.25) is 0 Å². The van der Waals surface area contributed by atoms with E-state index >= 15 is 0 Å². The lowest BCUT2D eigenvalue weighted by molar-refractivity contribution is -0.126. The van der Waals surface area contributed by atoms with Crippen LogP contribution in [0.3, 0.4) is 0 Å². The van der Waals surface area contributed by atoms with Gasteiger partial charge in [0.25, 0.3) is 0 Å². The summed E-state index contributed by atoms with van der Waals surface area (Å²) < 4.78 is 5.94. The number of carbonyl (C=O) groups excluding carboxylic acids is 4. The Morgan fingerprint density at radius 1 is 0.686 bits per heavy atom. The van der Waals surface area contributed by atoms with Crippen LogP contribution in [0.1, 0.15) is 39.1 Å². The number of allylic oxidation sites excluding steroid dienone is 3. The molecule has 6 unspecified atom stereocenters. The summed E-state index contributed by atoms with van der Waals surface area (Å²) >= 11 is 0. The van der Waals surface area contributed by atoms with E-state index in [2.05, 4.69) is 0 Å². The second-order valence-electron chi connectivity index (χ2n) is 13.3. The van der Waals surface area contributed by atoms with Crippen molar-refractivity contribution in [3.63, 3.8) is 0 Å². The van der Waals surface area contributed by atoms with Crippen molar-refractivity contribution in [1.82, 2.24) is 0 Å². The fourth-order valence-corrected chi connectivity index (χ4v) is 8.60. The van der Waals surface area contributed by atoms with E-state index in [9.17, 15) is 54.3 Å². The molecule has 14 heteroatoms. The number of carboxylic acids is 2. The topological polar surface area (TPSA) is 219 Å². The number of phenols is 3. The number of anilines is 2. The predicted octanol–water partition coefficient (Wildman–Crippen LogP) is 3.60. The van der Waals surface area contributed by atoms with Crippen LogP contribution >= 0.6 is 0 Å². The number of aromatic hydroxyl groups is 3. The van der Waals surface area contributed by atoms with Gasteiger partial charge in [-0.1, -0.05) is 11.6 Å². The maximum atomic E-state index is 14.4. The number of carbonyl (C=O) groups is 6. The Morgan fingerprint density at radius 2 is 1.27 bits per heavy atom. The van der Waals surface area contributed by atoms with Crippen LogP contribution < -0.4 is 14.5 Å². The van der Waals surface area contributed by atoms with Gasteiger partial charge in [0.05, 0.1) is 41.3 Å². The summed E-state index contributed by atoms with van der Waals surface area (Å²) in [7, 11) is 0. The SMILES string of the molecule is O=C(O)c1ccc(N2C(=O)C3CC=C4C(CC5C(=O)N(c6ccc(C(=O)O)c(O)c6)C(=O)C5C4C4=COc5ccc(O)cc5C4)C3C2=O)cc1O. The second kappa shape index (κ2) is 11.3. The smallest absolute Gasteiger partial charge is 0.339 e. The molecule has 1 saturated carbocycles. The van der Waals surface area contributed by atoms with Crippen LogP contribution in [0.15, 0.2) is 78.1 Å². The van der Waals surface area contributed by atoms with E-state index in [1.807, 2.05) is 6.08 Å². The van der Waals surface area contributed by atoms with Crippen LogP contribution in [0.5, 0.6) is 23.0 Å².